The van der Waals surface area contributed by atoms with Crippen LogP contribution in [0.25, 0.3) is 0 Å². The first-order valence-electron chi connectivity index (χ1n) is 8.55. The lowest BCUT2D eigenvalue weighted by Crippen LogP contribution is -2.23. The summed E-state index contributed by atoms with van der Waals surface area (Å²) in [5, 5.41) is 0. The largest absolute Gasteiger partial charge is 0.375 e. The molecule has 1 nitrogen and oxygen atoms in total. The molecule has 1 aliphatic carbocycles. The Labute approximate surface area is 114 Å². The maximum absolute atomic E-state index is 6.31. The molecule has 2 rings (SSSR count). The third-order valence-electron chi connectivity index (χ3n) is 4.95. The van der Waals surface area contributed by atoms with Crippen LogP contribution in [0.5, 0.6) is 0 Å². The van der Waals surface area contributed by atoms with Crippen LogP contribution in [-0.2, 0) is 4.74 Å². The van der Waals surface area contributed by atoms with Crippen LogP contribution in [0.3, 0.4) is 0 Å². The lowest BCUT2D eigenvalue weighted by Gasteiger charge is -2.27. The van der Waals surface area contributed by atoms with Gasteiger partial charge in [0.2, 0.25) is 0 Å². The van der Waals surface area contributed by atoms with Gasteiger partial charge in [0.25, 0.3) is 0 Å². The van der Waals surface area contributed by atoms with E-state index in [0.29, 0.717) is 12.2 Å². The fraction of sp³-hybridized carbons (Fsp3) is 1.00. The maximum Gasteiger partial charge on any atom is 0.0608 e. The molecular formula is C17H32O. The fourth-order valence-corrected chi connectivity index (χ4v) is 3.77. The average molecular weight is 252 g/mol. The van der Waals surface area contributed by atoms with Gasteiger partial charge in [-0.25, -0.2) is 0 Å². The van der Waals surface area contributed by atoms with Crippen molar-refractivity contribution < 1.29 is 4.74 Å². The van der Waals surface area contributed by atoms with Gasteiger partial charge in [0, 0.05) is 0 Å². The van der Waals surface area contributed by atoms with Gasteiger partial charge in [-0.15, -0.1) is 0 Å². The van der Waals surface area contributed by atoms with Crippen LogP contribution in [0, 0.1) is 5.92 Å². The van der Waals surface area contributed by atoms with Crippen molar-refractivity contribution in [1.29, 1.82) is 0 Å². The minimum Gasteiger partial charge on any atom is -0.375 e. The SMILES string of the molecule is CCCCCCCC1CCC(C2CCCCC2)O1. The third-order valence-corrected chi connectivity index (χ3v) is 4.95. The van der Waals surface area contributed by atoms with E-state index < -0.39 is 0 Å². The Kier molecular flexibility index (Phi) is 6.54. The standard InChI is InChI=1S/C17H32O/c1-2-3-4-5-9-12-16-13-14-17(18-16)15-10-7-6-8-11-15/h15-17H,2-14H2,1H3. The average Bonchev–Trinajstić information content (AvgIpc) is 2.88. The van der Waals surface area contributed by atoms with E-state index in [1.807, 2.05) is 0 Å². The highest BCUT2D eigenvalue weighted by Gasteiger charge is 2.31. The molecule has 1 aliphatic heterocycles. The van der Waals surface area contributed by atoms with Crippen molar-refractivity contribution in [2.45, 2.75) is 103 Å². The van der Waals surface area contributed by atoms with Crippen LogP contribution in [0.1, 0.15) is 90.4 Å². The zero-order valence-electron chi connectivity index (χ0n) is 12.3. The van der Waals surface area contributed by atoms with E-state index in [1.54, 1.807) is 0 Å². The van der Waals surface area contributed by atoms with Gasteiger partial charge >= 0.3 is 0 Å². The third kappa shape index (κ3) is 4.57. The summed E-state index contributed by atoms with van der Waals surface area (Å²) < 4.78 is 6.31. The van der Waals surface area contributed by atoms with Crippen molar-refractivity contribution in [3.8, 4) is 0 Å². The van der Waals surface area contributed by atoms with E-state index in [1.165, 1.54) is 83.5 Å². The highest BCUT2D eigenvalue weighted by atomic mass is 16.5. The Morgan fingerprint density at radius 3 is 2.39 bits per heavy atom. The Morgan fingerprint density at radius 2 is 1.61 bits per heavy atom. The van der Waals surface area contributed by atoms with Crippen LogP contribution < -0.4 is 0 Å². The molecule has 0 spiro atoms. The first kappa shape index (κ1) is 14.4. The molecule has 0 radical (unpaired) electrons. The smallest absolute Gasteiger partial charge is 0.0608 e. The molecule has 0 N–H and O–H groups in total. The molecule has 0 amide bonds. The maximum atomic E-state index is 6.31. The van der Waals surface area contributed by atoms with Crippen LogP contribution >= 0.6 is 0 Å². The van der Waals surface area contributed by atoms with E-state index in [9.17, 15) is 0 Å². The summed E-state index contributed by atoms with van der Waals surface area (Å²) in [6.45, 7) is 2.29. The summed E-state index contributed by atoms with van der Waals surface area (Å²) in [5.41, 5.74) is 0. The lowest BCUT2D eigenvalue weighted by molar-refractivity contribution is -0.00350. The van der Waals surface area contributed by atoms with Crippen molar-refractivity contribution >= 4 is 0 Å². The molecule has 2 atom stereocenters. The van der Waals surface area contributed by atoms with E-state index in [0.717, 1.165) is 5.92 Å². The Balaban J connectivity index is 1.56. The molecule has 1 saturated heterocycles. The summed E-state index contributed by atoms with van der Waals surface area (Å²) >= 11 is 0. The first-order chi connectivity index (χ1) is 8.90. The summed E-state index contributed by atoms with van der Waals surface area (Å²) in [5.74, 6) is 0.906. The van der Waals surface area contributed by atoms with Crippen LogP contribution in [0.15, 0.2) is 0 Å². The van der Waals surface area contributed by atoms with E-state index in [4.69, 9.17) is 4.74 Å². The van der Waals surface area contributed by atoms with Crippen molar-refractivity contribution in [1.82, 2.24) is 0 Å². The van der Waals surface area contributed by atoms with Crippen LogP contribution in [0.2, 0.25) is 0 Å². The molecule has 1 saturated carbocycles. The zero-order valence-corrected chi connectivity index (χ0v) is 12.3. The van der Waals surface area contributed by atoms with Crippen molar-refractivity contribution in [3.05, 3.63) is 0 Å². The molecule has 0 aromatic heterocycles. The molecular weight excluding hydrogens is 220 g/mol. The highest BCUT2D eigenvalue weighted by Crippen LogP contribution is 2.35. The van der Waals surface area contributed by atoms with E-state index in [2.05, 4.69) is 6.92 Å². The molecule has 2 aliphatic rings. The van der Waals surface area contributed by atoms with Gasteiger partial charge in [0.15, 0.2) is 0 Å². The summed E-state index contributed by atoms with van der Waals surface area (Å²) in [6.07, 6.45) is 19.5. The number of hydrogen-bond acceptors (Lipinski definition) is 1. The zero-order chi connectivity index (χ0) is 12.6. The molecule has 0 aromatic carbocycles. The predicted octanol–water partition coefficient (Wildman–Crippen LogP) is 5.47. The second-order valence-corrected chi connectivity index (χ2v) is 6.47. The quantitative estimate of drug-likeness (QED) is 0.545. The van der Waals surface area contributed by atoms with E-state index >= 15 is 0 Å². The summed E-state index contributed by atoms with van der Waals surface area (Å²) in [6, 6.07) is 0. The minimum atomic E-state index is 0.610. The number of unbranched alkanes of at least 4 members (excludes halogenated alkanes) is 4. The van der Waals surface area contributed by atoms with Gasteiger partial charge in [0.05, 0.1) is 12.2 Å². The summed E-state index contributed by atoms with van der Waals surface area (Å²) in [4.78, 5) is 0. The van der Waals surface area contributed by atoms with Gasteiger partial charge in [0.1, 0.15) is 0 Å². The molecule has 1 heterocycles. The number of rotatable bonds is 7. The van der Waals surface area contributed by atoms with E-state index in [-0.39, 0.29) is 0 Å². The second-order valence-electron chi connectivity index (χ2n) is 6.47. The molecule has 2 unspecified atom stereocenters. The van der Waals surface area contributed by atoms with Gasteiger partial charge in [-0.2, -0.15) is 0 Å². The topological polar surface area (TPSA) is 9.23 Å². The highest BCUT2D eigenvalue weighted by molar-refractivity contribution is 4.81. The van der Waals surface area contributed by atoms with Crippen molar-refractivity contribution in [2.75, 3.05) is 0 Å². The van der Waals surface area contributed by atoms with Gasteiger partial charge in [-0.3, -0.25) is 0 Å². The van der Waals surface area contributed by atoms with Gasteiger partial charge in [-0.05, 0) is 38.0 Å². The Bertz CT molecular complexity index is 208. The molecule has 2 fully saturated rings. The Morgan fingerprint density at radius 1 is 0.833 bits per heavy atom. The van der Waals surface area contributed by atoms with Gasteiger partial charge in [-0.1, -0.05) is 58.3 Å². The van der Waals surface area contributed by atoms with Crippen LogP contribution in [-0.4, -0.2) is 12.2 Å². The molecule has 0 bridgehead atoms. The first-order valence-corrected chi connectivity index (χ1v) is 8.55. The Hall–Kier alpha value is -0.0400. The molecule has 1 heteroatoms. The van der Waals surface area contributed by atoms with Gasteiger partial charge < -0.3 is 4.74 Å². The molecule has 18 heavy (non-hydrogen) atoms. The lowest BCUT2D eigenvalue weighted by atomic mass is 9.84. The fourth-order valence-electron chi connectivity index (χ4n) is 3.77. The minimum absolute atomic E-state index is 0.610. The monoisotopic (exact) mass is 252 g/mol. The predicted molar refractivity (Wildman–Crippen MR) is 77.8 cm³/mol. The molecule has 106 valence electrons. The summed E-state index contributed by atoms with van der Waals surface area (Å²) in [7, 11) is 0. The van der Waals surface area contributed by atoms with Crippen molar-refractivity contribution in [3.63, 3.8) is 0 Å². The second kappa shape index (κ2) is 8.19. The molecule has 0 aromatic rings. The number of hydrogen-bond donors (Lipinski definition) is 0. The van der Waals surface area contributed by atoms with Crippen LogP contribution in [0.4, 0.5) is 0 Å². The van der Waals surface area contributed by atoms with Crippen molar-refractivity contribution in [2.24, 2.45) is 5.92 Å². The number of ether oxygens (including phenoxy) is 1. The normalized spacial score (nSPS) is 29.8.